The summed E-state index contributed by atoms with van der Waals surface area (Å²) in [6.45, 7) is 6.03. The number of halogens is 1. The van der Waals surface area contributed by atoms with E-state index in [0.29, 0.717) is 23.5 Å². The molecule has 0 aliphatic heterocycles. The van der Waals surface area contributed by atoms with E-state index < -0.39 is 11.8 Å². The molecule has 0 atom stereocenters. The second-order valence-electron chi connectivity index (χ2n) is 7.18. The Labute approximate surface area is 189 Å². The molecule has 2 aromatic carbocycles. The molecule has 0 radical (unpaired) electrons. The maximum absolute atomic E-state index is 12.1. The van der Waals surface area contributed by atoms with E-state index in [0.717, 1.165) is 10.0 Å². The average Bonchev–Trinajstić information content (AvgIpc) is 2.73. The van der Waals surface area contributed by atoms with Crippen molar-refractivity contribution in [2.75, 3.05) is 18.5 Å². The van der Waals surface area contributed by atoms with E-state index in [1.807, 2.05) is 32.9 Å². The first-order chi connectivity index (χ1) is 14.7. The van der Waals surface area contributed by atoms with Crippen LogP contribution in [0.5, 0.6) is 5.75 Å². The highest BCUT2D eigenvalue weighted by Crippen LogP contribution is 2.20. The van der Waals surface area contributed by atoms with Crippen LogP contribution in [0.15, 0.2) is 52.0 Å². The summed E-state index contributed by atoms with van der Waals surface area (Å²) >= 11 is 3.42. The van der Waals surface area contributed by atoms with Crippen LogP contribution in [0.3, 0.4) is 0 Å². The highest BCUT2D eigenvalue weighted by molar-refractivity contribution is 9.10. The first-order valence-corrected chi connectivity index (χ1v) is 10.4. The van der Waals surface area contributed by atoms with Gasteiger partial charge < -0.3 is 15.4 Å². The van der Waals surface area contributed by atoms with Crippen molar-refractivity contribution in [3.05, 3.63) is 58.1 Å². The van der Waals surface area contributed by atoms with Crippen LogP contribution in [0.2, 0.25) is 0 Å². The van der Waals surface area contributed by atoms with Gasteiger partial charge in [-0.15, -0.1) is 0 Å². The van der Waals surface area contributed by atoms with Crippen LogP contribution < -0.4 is 20.8 Å². The van der Waals surface area contributed by atoms with Gasteiger partial charge in [0.1, 0.15) is 5.75 Å². The van der Waals surface area contributed by atoms with E-state index in [1.165, 1.54) is 6.21 Å². The Bertz CT molecular complexity index is 976. The second-order valence-corrected chi connectivity index (χ2v) is 8.03. The van der Waals surface area contributed by atoms with Gasteiger partial charge in [-0.1, -0.05) is 41.9 Å². The molecular formula is C22H25BrN4O4. The number of amides is 3. The molecule has 164 valence electrons. The van der Waals surface area contributed by atoms with Gasteiger partial charge in [0.15, 0.2) is 6.61 Å². The van der Waals surface area contributed by atoms with Crippen molar-refractivity contribution in [3.8, 4) is 5.75 Å². The van der Waals surface area contributed by atoms with Gasteiger partial charge in [-0.25, -0.2) is 5.43 Å². The lowest BCUT2D eigenvalue weighted by Crippen LogP contribution is -2.39. The van der Waals surface area contributed by atoms with Gasteiger partial charge in [0, 0.05) is 16.7 Å². The van der Waals surface area contributed by atoms with Gasteiger partial charge >= 0.3 is 11.8 Å². The minimum absolute atomic E-state index is 0.164. The lowest BCUT2D eigenvalue weighted by Gasteiger charge is -2.09. The average molecular weight is 489 g/mol. The Morgan fingerprint density at radius 2 is 1.90 bits per heavy atom. The molecule has 3 N–H and O–H groups in total. The molecule has 0 aliphatic carbocycles. The zero-order valence-electron chi connectivity index (χ0n) is 17.6. The van der Waals surface area contributed by atoms with Gasteiger partial charge in [-0.3, -0.25) is 14.4 Å². The molecule has 0 aromatic heterocycles. The summed E-state index contributed by atoms with van der Waals surface area (Å²) in [6.07, 6.45) is 1.38. The van der Waals surface area contributed by atoms with Crippen LogP contribution in [0.1, 0.15) is 25.0 Å². The first kappa shape index (κ1) is 24.1. The molecule has 0 heterocycles. The first-order valence-electron chi connectivity index (χ1n) is 9.64. The van der Waals surface area contributed by atoms with Gasteiger partial charge in [-0.2, -0.15) is 5.10 Å². The van der Waals surface area contributed by atoms with Crippen molar-refractivity contribution >= 4 is 45.6 Å². The van der Waals surface area contributed by atoms with E-state index in [4.69, 9.17) is 4.74 Å². The van der Waals surface area contributed by atoms with Crippen molar-refractivity contribution in [1.82, 2.24) is 10.7 Å². The Hall–Kier alpha value is -3.20. The largest absolute Gasteiger partial charge is 0.484 e. The van der Waals surface area contributed by atoms with Crippen LogP contribution in [-0.4, -0.2) is 37.1 Å². The molecule has 3 amide bonds. The van der Waals surface area contributed by atoms with E-state index in [9.17, 15) is 14.4 Å². The quantitative estimate of drug-likeness (QED) is 0.301. The fraction of sp³-hybridized carbons (Fsp3) is 0.273. The molecule has 8 nitrogen and oxygen atoms in total. The van der Waals surface area contributed by atoms with Crippen molar-refractivity contribution < 1.29 is 19.1 Å². The number of carbonyl (C=O) groups is 3. The summed E-state index contributed by atoms with van der Waals surface area (Å²) in [6, 6.07) is 12.3. The Morgan fingerprint density at radius 3 is 2.61 bits per heavy atom. The molecule has 0 aliphatic rings. The van der Waals surface area contributed by atoms with Crippen molar-refractivity contribution in [3.63, 3.8) is 0 Å². The highest BCUT2D eigenvalue weighted by Gasteiger charge is 2.12. The van der Waals surface area contributed by atoms with E-state index in [2.05, 4.69) is 37.1 Å². The number of carbonyl (C=O) groups excluding carboxylic acids is 3. The molecule has 0 saturated heterocycles. The van der Waals surface area contributed by atoms with E-state index >= 15 is 0 Å². The van der Waals surface area contributed by atoms with Crippen molar-refractivity contribution in [2.24, 2.45) is 11.0 Å². The molecule has 2 rings (SSSR count). The number of aryl methyl sites for hydroxylation is 1. The Balaban J connectivity index is 1.83. The maximum Gasteiger partial charge on any atom is 0.329 e. The summed E-state index contributed by atoms with van der Waals surface area (Å²) in [7, 11) is 0. The van der Waals surface area contributed by atoms with Crippen molar-refractivity contribution in [2.45, 2.75) is 20.8 Å². The lowest BCUT2D eigenvalue weighted by atomic mass is 10.2. The number of hydrogen-bond donors (Lipinski definition) is 3. The van der Waals surface area contributed by atoms with E-state index in [-0.39, 0.29) is 18.4 Å². The number of anilines is 1. The zero-order valence-corrected chi connectivity index (χ0v) is 19.2. The molecule has 0 saturated carbocycles. The fourth-order valence-electron chi connectivity index (χ4n) is 2.35. The number of nitrogens with one attached hydrogen (secondary N) is 3. The summed E-state index contributed by atoms with van der Waals surface area (Å²) in [5, 5.41) is 9.05. The zero-order chi connectivity index (χ0) is 22.8. The summed E-state index contributed by atoms with van der Waals surface area (Å²) < 4.78 is 6.49. The SMILES string of the molecule is Cc1cc(NC(=O)COc2cccc(/C=N\NC(=O)C(=O)NCC(C)C)c2)ccc1Br. The molecule has 0 bridgehead atoms. The summed E-state index contributed by atoms with van der Waals surface area (Å²) in [5.41, 5.74) is 4.49. The van der Waals surface area contributed by atoms with Crippen LogP contribution >= 0.6 is 15.9 Å². The predicted octanol–water partition coefficient (Wildman–Crippen LogP) is 3.00. The van der Waals surface area contributed by atoms with Gasteiger partial charge in [0.2, 0.25) is 0 Å². The number of ether oxygens (including phenoxy) is 1. The highest BCUT2D eigenvalue weighted by atomic mass is 79.9. The van der Waals surface area contributed by atoms with Crippen LogP contribution in [0.25, 0.3) is 0 Å². The fourth-order valence-corrected chi connectivity index (χ4v) is 2.59. The predicted molar refractivity (Wildman–Crippen MR) is 123 cm³/mol. The second kappa shape index (κ2) is 11.8. The molecule has 0 spiro atoms. The summed E-state index contributed by atoms with van der Waals surface area (Å²) in [4.78, 5) is 35.4. The topological polar surface area (TPSA) is 109 Å². The number of nitrogens with zero attached hydrogens (tertiary/aromatic N) is 1. The standard InChI is InChI=1S/C22H25BrN4O4/c1-14(2)11-24-21(29)22(30)27-25-12-16-5-4-6-18(10-16)31-13-20(28)26-17-7-8-19(23)15(3)9-17/h4-10,12,14H,11,13H2,1-3H3,(H,24,29)(H,26,28)(H,27,30)/b25-12-. The maximum atomic E-state index is 12.1. The molecular weight excluding hydrogens is 464 g/mol. The van der Waals surface area contributed by atoms with Crippen LogP contribution in [0.4, 0.5) is 5.69 Å². The normalized spacial score (nSPS) is 10.7. The van der Waals surface area contributed by atoms with Crippen LogP contribution in [0, 0.1) is 12.8 Å². The smallest absolute Gasteiger partial charge is 0.329 e. The molecule has 2 aromatic rings. The molecule has 0 unspecified atom stereocenters. The van der Waals surface area contributed by atoms with E-state index in [1.54, 1.807) is 30.3 Å². The molecule has 31 heavy (non-hydrogen) atoms. The Morgan fingerprint density at radius 1 is 1.13 bits per heavy atom. The third kappa shape index (κ3) is 8.59. The van der Waals surface area contributed by atoms with Gasteiger partial charge in [0.25, 0.3) is 5.91 Å². The third-order valence-electron chi connectivity index (χ3n) is 3.93. The summed E-state index contributed by atoms with van der Waals surface area (Å²) in [5.74, 6) is -1.17. The van der Waals surface area contributed by atoms with Crippen LogP contribution in [-0.2, 0) is 14.4 Å². The number of hydrogen-bond acceptors (Lipinski definition) is 5. The van der Waals surface area contributed by atoms with Gasteiger partial charge in [-0.05, 0) is 54.3 Å². The van der Waals surface area contributed by atoms with Gasteiger partial charge in [0.05, 0.1) is 6.21 Å². The lowest BCUT2D eigenvalue weighted by molar-refractivity contribution is -0.139. The monoisotopic (exact) mass is 488 g/mol. The minimum atomic E-state index is -0.843. The van der Waals surface area contributed by atoms with Crippen molar-refractivity contribution in [1.29, 1.82) is 0 Å². The molecule has 9 heteroatoms. The molecule has 0 fully saturated rings. The minimum Gasteiger partial charge on any atom is -0.484 e. The number of rotatable bonds is 8. The Kier molecular flexibility index (Phi) is 9.20. The number of hydrazone groups is 1. The number of benzene rings is 2. The third-order valence-corrected chi connectivity index (χ3v) is 4.82.